The largest absolute Gasteiger partial charge is 0.496 e. The van der Waals surface area contributed by atoms with Crippen LogP contribution in [0.25, 0.3) is 0 Å². The molecule has 4 nitrogen and oxygen atoms in total. The van der Waals surface area contributed by atoms with Crippen molar-refractivity contribution in [2.24, 2.45) is 0 Å². The van der Waals surface area contributed by atoms with E-state index in [0.29, 0.717) is 16.9 Å². The Bertz CT molecular complexity index is 434. The van der Waals surface area contributed by atoms with E-state index >= 15 is 0 Å². The number of ether oxygens (including phenoxy) is 2. The van der Waals surface area contributed by atoms with E-state index in [0.717, 1.165) is 0 Å². The van der Waals surface area contributed by atoms with Crippen molar-refractivity contribution in [3.63, 3.8) is 0 Å². The fourth-order valence-electron chi connectivity index (χ4n) is 1.44. The second kappa shape index (κ2) is 5.17. The molecule has 0 aliphatic rings. The Kier molecular flexibility index (Phi) is 3.90. The van der Waals surface area contributed by atoms with Crippen LogP contribution in [0.4, 0.5) is 0 Å². The summed E-state index contributed by atoms with van der Waals surface area (Å²) in [5.74, 6) is -0.215. The summed E-state index contributed by atoms with van der Waals surface area (Å²) in [7, 11) is 2.85. The van der Waals surface area contributed by atoms with Gasteiger partial charge in [-0.15, -0.1) is 0 Å². The van der Waals surface area contributed by atoms with Crippen LogP contribution in [-0.2, 0) is 9.53 Å². The van der Waals surface area contributed by atoms with Gasteiger partial charge in [-0.25, -0.2) is 0 Å². The summed E-state index contributed by atoms with van der Waals surface area (Å²) >= 11 is 0. The molecule has 0 fully saturated rings. The third-order valence-corrected chi connectivity index (χ3v) is 2.38. The first-order chi connectivity index (χ1) is 7.63. The third kappa shape index (κ3) is 2.31. The van der Waals surface area contributed by atoms with Crippen molar-refractivity contribution in [1.29, 1.82) is 5.26 Å². The second-order valence-corrected chi connectivity index (χ2v) is 3.31. The summed E-state index contributed by atoms with van der Waals surface area (Å²) in [6.45, 7) is 1.73. The van der Waals surface area contributed by atoms with Crippen LogP contribution in [0, 0.1) is 11.3 Å². The molecule has 0 aliphatic carbocycles. The van der Waals surface area contributed by atoms with Crippen molar-refractivity contribution in [3.05, 3.63) is 29.3 Å². The van der Waals surface area contributed by atoms with E-state index in [1.54, 1.807) is 25.1 Å². The lowest BCUT2D eigenvalue weighted by Crippen LogP contribution is -2.11. The minimum absolute atomic E-state index is 0.331. The topological polar surface area (TPSA) is 59.3 Å². The van der Waals surface area contributed by atoms with Crippen LogP contribution in [0.15, 0.2) is 18.2 Å². The van der Waals surface area contributed by atoms with Crippen LogP contribution < -0.4 is 4.74 Å². The van der Waals surface area contributed by atoms with Crippen LogP contribution in [0.2, 0.25) is 0 Å². The summed E-state index contributed by atoms with van der Waals surface area (Å²) in [6.07, 6.45) is 0. The first-order valence-electron chi connectivity index (χ1n) is 4.80. The van der Waals surface area contributed by atoms with E-state index in [-0.39, 0.29) is 5.97 Å². The SMILES string of the molecule is COC(=O)C(C)c1ccc(C#N)cc1OC. The molecule has 1 aromatic rings. The fraction of sp³-hybridized carbons (Fsp3) is 0.333. The van der Waals surface area contributed by atoms with Gasteiger partial charge in [-0.1, -0.05) is 6.07 Å². The molecule has 0 saturated heterocycles. The molecular formula is C12H13NO3. The van der Waals surface area contributed by atoms with Gasteiger partial charge in [-0.2, -0.15) is 5.26 Å². The highest BCUT2D eigenvalue weighted by atomic mass is 16.5. The Morgan fingerprint density at radius 1 is 1.44 bits per heavy atom. The van der Waals surface area contributed by atoms with Crippen molar-refractivity contribution in [3.8, 4) is 11.8 Å². The lowest BCUT2D eigenvalue weighted by atomic mass is 9.99. The summed E-state index contributed by atoms with van der Waals surface area (Å²) < 4.78 is 9.81. The molecule has 0 amide bonds. The molecule has 0 aromatic heterocycles. The van der Waals surface area contributed by atoms with Crippen molar-refractivity contribution in [1.82, 2.24) is 0 Å². The van der Waals surface area contributed by atoms with Gasteiger partial charge in [0.2, 0.25) is 0 Å². The van der Waals surface area contributed by atoms with Crippen LogP contribution in [-0.4, -0.2) is 20.2 Å². The molecule has 4 heteroatoms. The molecule has 84 valence electrons. The normalized spacial score (nSPS) is 11.4. The number of carbonyl (C=O) groups excluding carboxylic acids is 1. The lowest BCUT2D eigenvalue weighted by Gasteiger charge is -2.13. The lowest BCUT2D eigenvalue weighted by molar-refractivity contribution is -0.142. The minimum atomic E-state index is -0.410. The van der Waals surface area contributed by atoms with Crippen molar-refractivity contribution in [2.75, 3.05) is 14.2 Å². The van der Waals surface area contributed by atoms with Gasteiger partial charge in [-0.3, -0.25) is 4.79 Å². The number of methoxy groups -OCH3 is 2. The number of benzene rings is 1. The molecule has 0 radical (unpaired) electrons. The van der Waals surface area contributed by atoms with Gasteiger partial charge in [0.25, 0.3) is 0 Å². The summed E-state index contributed by atoms with van der Waals surface area (Å²) in [4.78, 5) is 11.4. The number of nitriles is 1. The summed E-state index contributed by atoms with van der Waals surface area (Å²) in [5.41, 5.74) is 1.21. The Morgan fingerprint density at radius 3 is 2.62 bits per heavy atom. The Labute approximate surface area is 94.4 Å². The second-order valence-electron chi connectivity index (χ2n) is 3.31. The van der Waals surface area contributed by atoms with Gasteiger partial charge in [-0.05, 0) is 19.1 Å². The monoisotopic (exact) mass is 219 g/mol. The van der Waals surface area contributed by atoms with Crippen molar-refractivity contribution in [2.45, 2.75) is 12.8 Å². The maximum absolute atomic E-state index is 11.4. The predicted octanol–water partition coefficient (Wildman–Crippen LogP) is 1.84. The summed E-state index contributed by atoms with van der Waals surface area (Å²) in [5, 5.41) is 8.75. The number of carbonyl (C=O) groups is 1. The van der Waals surface area contributed by atoms with Gasteiger partial charge in [0.1, 0.15) is 5.75 Å². The highest BCUT2D eigenvalue weighted by molar-refractivity contribution is 5.78. The van der Waals surface area contributed by atoms with Crippen LogP contribution >= 0.6 is 0 Å². The van der Waals surface area contributed by atoms with E-state index in [2.05, 4.69) is 4.74 Å². The van der Waals surface area contributed by atoms with E-state index in [9.17, 15) is 4.79 Å². The molecule has 1 atom stereocenters. The van der Waals surface area contributed by atoms with Crippen LogP contribution in [0.1, 0.15) is 24.0 Å². The van der Waals surface area contributed by atoms with Gasteiger partial charge in [0.05, 0.1) is 31.8 Å². The van der Waals surface area contributed by atoms with E-state index in [1.807, 2.05) is 6.07 Å². The molecule has 0 saturated carbocycles. The fourth-order valence-corrected chi connectivity index (χ4v) is 1.44. The smallest absolute Gasteiger partial charge is 0.312 e. The zero-order chi connectivity index (χ0) is 12.1. The number of esters is 1. The maximum atomic E-state index is 11.4. The third-order valence-electron chi connectivity index (χ3n) is 2.38. The molecule has 1 aromatic carbocycles. The molecule has 0 bridgehead atoms. The van der Waals surface area contributed by atoms with Gasteiger partial charge >= 0.3 is 5.97 Å². The zero-order valence-corrected chi connectivity index (χ0v) is 9.48. The molecular weight excluding hydrogens is 206 g/mol. The van der Waals surface area contributed by atoms with Crippen molar-refractivity contribution >= 4 is 5.97 Å². The molecule has 0 heterocycles. The number of hydrogen-bond donors (Lipinski definition) is 0. The van der Waals surface area contributed by atoms with Crippen LogP contribution in [0.3, 0.4) is 0 Å². The Balaban J connectivity index is 3.14. The Hall–Kier alpha value is -2.02. The average molecular weight is 219 g/mol. The molecule has 1 unspecified atom stereocenters. The van der Waals surface area contributed by atoms with Crippen molar-refractivity contribution < 1.29 is 14.3 Å². The molecule has 0 N–H and O–H groups in total. The van der Waals surface area contributed by atoms with Gasteiger partial charge in [0, 0.05) is 5.56 Å². The first-order valence-corrected chi connectivity index (χ1v) is 4.80. The van der Waals surface area contributed by atoms with Gasteiger partial charge in [0.15, 0.2) is 0 Å². The van der Waals surface area contributed by atoms with E-state index in [4.69, 9.17) is 10.00 Å². The molecule has 0 aliphatic heterocycles. The number of rotatable bonds is 3. The molecule has 0 spiro atoms. The number of nitrogens with zero attached hydrogens (tertiary/aromatic N) is 1. The minimum Gasteiger partial charge on any atom is -0.496 e. The zero-order valence-electron chi connectivity index (χ0n) is 9.48. The summed E-state index contributed by atoms with van der Waals surface area (Å²) in [6, 6.07) is 6.98. The quantitative estimate of drug-likeness (QED) is 0.728. The number of hydrogen-bond acceptors (Lipinski definition) is 4. The standard InChI is InChI=1S/C12H13NO3/c1-8(12(14)16-3)10-5-4-9(7-13)6-11(10)15-2/h4-6,8H,1-3H3. The highest BCUT2D eigenvalue weighted by Crippen LogP contribution is 2.28. The first kappa shape index (κ1) is 12.1. The van der Waals surface area contributed by atoms with Gasteiger partial charge < -0.3 is 9.47 Å². The van der Waals surface area contributed by atoms with E-state index < -0.39 is 5.92 Å². The van der Waals surface area contributed by atoms with E-state index in [1.165, 1.54) is 14.2 Å². The molecule has 16 heavy (non-hydrogen) atoms. The highest BCUT2D eigenvalue weighted by Gasteiger charge is 2.19. The average Bonchev–Trinajstić information content (AvgIpc) is 2.35. The predicted molar refractivity (Wildman–Crippen MR) is 58.1 cm³/mol. The maximum Gasteiger partial charge on any atom is 0.312 e. The Morgan fingerprint density at radius 2 is 2.12 bits per heavy atom. The van der Waals surface area contributed by atoms with Crippen LogP contribution in [0.5, 0.6) is 5.75 Å². The molecule has 1 rings (SSSR count).